The van der Waals surface area contributed by atoms with Gasteiger partial charge in [0, 0.05) is 25.8 Å². The van der Waals surface area contributed by atoms with Crippen LogP contribution < -0.4 is 14.2 Å². The number of pyridine rings is 1. The fourth-order valence-corrected chi connectivity index (χ4v) is 3.34. The Morgan fingerprint density at radius 2 is 1.76 bits per heavy atom. The Bertz CT molecular complexity index is 914. The van der Waals surface area contributed by atoms with Gasteiger partial charge in [-0.25, -0.2) is 4.79 Å². The van der Waals surface area contributed by atoms with Gasteiger partial charge in [0.25, 0.3) is 5.91 Å². The molecule has 1 unspecified atom stereocenters. The monoisotopic (exact) mass is 457 g/mol. The van der Waals surface area contributed by atoms with Crippen LogP contribution in [0.2, 0.25) is 0 Å². The SMILES string of the molecule is COc1ccc(OCC(=O)N2CCN(C(=O)OC(C)(C)C)CC2COc2cccnc2)cc1. The molecule has 0 radical (unpaired) electrons. The number of rotatable bonds is 7. The van der Waals surface area contributed by atoms with Gasteiger partial charge in [0.1, 0.15) is 29.5 Å². The van der Waals surface area contributed by atoms with E-state index in [1.54, 1.807) is 65.7 Å². The first-order valence-corrected chi connectivity index (χ1v) is 10.8. The van der Waals surface area contributed by atoms with E-state index in [0.717, 1.165) is 0 Å². The second-order valence-electron chi connectivity index (χ2n) is 8.63. The molecule has 1 aliphatic heterocycles. The standard InChI is InChI=1S/C24H31N3O6/c1-24(2,3)33-23(29)26-12-13-27(18(15-26)16-31-21-6-5-11-25-14-21)22(28)17-32-20-9-7-19(30-4)8-10-20/h5-11,14,18H,12-13,15-17H2,1-4H3. The van der Waals surface area contributed by atoms with Gasteiger partial charge in [0.15, 0.2) is 6.61 Å². The fraction of sp³-hybridized carbons (Fsp3) is 0.458. The van der Waals surface area contributed by atoms with E-state index in [4.69, 9.17) is 18.9 Å². The smallest absolute Gasteiger partial charge is 0.410 e. The zero-order valence-electron chi connectivity index (χ0n) is 19.5. The van der Waals surface area contributed by atoms with E-state index in [1.807, 2.05) is 20.8 Å². The van der Waals surface area contributed by atoms with Crippen LogP contribution in [0.3, 0.4) is 0 Å². The molecule has 0 aliphatic carbocycles. The molecule has 178 valence electrons. The minimum Gasteiger partial charge on any atom is -0.497 e. The number of ether oxygens (including phenoxy) is 4. The average molecular weight is 458 g/mol. The van der Waals surface area contributed by atoms with Gasteiger partial charge in [0.2, 0.25) is 0 Å². The number of aromatic nitrogens is 1. The molecule has 1 saturated heterocycles. The predicted octanol–water partition coefficient (Wildman–Crippen LogP) is 3.00. The van der Waals surface area contributed by atoms with Crippen LogP contribution in [-0.2, 0) is 9.53 Å². The second-order valence-corrected chi connectivity index (χ2v) is 8.63. The lowest BCUT2D eigenvalue weighted by molar-refractivity contribution is -0.139. The molecule has 2 heterocycles. The van der Waals surface area contributed by atoms with Gasteiger partial charge in [-0.15, -0.1) is 0 Å². The molecular formula is C24H31N3O6. The van der Waals surface area contributed by atoms with Crippen LogP contribution in [0.15, 0.2) is 48.8 Å². The highest BCUT2D eigenvalue weighted by molar-refractivity contribution is 5.79. The van der Waals surface area contributed by atoms with Gasteiger partial charge in [0.05, 0.1) is 19.3 Å². The van der Waals surface area contributed by atoms with Crippen molar-refractivity contribution in [1.82, 2.24) is 14.8 Å². The summed E-state index contributed by atoms with van der Waals surface area (Å²) in [6.45, 7) is 6.57. The molecule has 3 rings (SSSR count). The molecule has 33 heavy (non-hydrogen) atoms. The van der Waals surface area contributed by atoms with Crippen molar-refractivity contribution in [3.63, 3.8) is 0 Å². The average Bonchev–Trinajstić information content (AvgIpc) is 2.81. The quantitative estimate of drug-likeness (QED) is 0.631. The Balaban J connectivity index is 1.65. The highest BCUT2D eigenvalue weighted by Gasteiger charge is 2.35. The molecule has 9 heteroatoms. The minimum atomic E-state index is -0.599. The number of piperazine rings is 1. The molecule has 0 saturated carbocycles. The summed E-state index contributed by atoms with van der Waals surface area (Å²) >= 11 is 0. The molecular weight excluding hydrogens is 426 g/mol. The molecule has 1 atom stereocenters. The molecule has 2 amide bonds. The molecule has 1 aromatic carbocycles. The van der Waals surface area contributed by atoms with E-state index < -0.39 is 11.7 Å². The number of benzene rings is 1. The van der Waals surface area contributed by atoms with Gasteiger partial charge in [-0.2, -0.15) is 0 Å². The number of carbonyl (C=O) groups is 2. The zero-order valence-corrected chi connectivity index (χ0v) is 19.5. The third kappa shape index (κ3) is 7.27. The third-order valence-corrected chi connectivity index (χ3v) is 4.95. The molecule has 0 N–H and O–H groups in total. The molecule has 1 aliphatic rings. The Morgan fingerprint density at radius 1 is 1.03 bits per heavy atom. The lowest BCUT2D eigenvalue weighted by Crippen LogP contribution is -2.59. The van der Waals surface area contributed by atoms with Gasteiger partial charge in [-0.3, -0.25) is 9.78 Å². The van der Waals surface area contributed by atoms with E-state index >= 15 is 0 Å². The molecule has 2 aromatic rings. The lowest BCUT2D eigenvalue weighted by atomic mass is 10.1. The van der Waals surface area contributed by atoms with E-state index in [-0.39, 0.29) is 25.2 Å². The van der Waals surface area contributed by atoms with Crippen LogP contribution in [0.4, 0.5) is 4.79 Å². The molecule has 9 nitrogen and oxygen atoms in total. The third-order valence-electron chi connectivity index (χ3n) is 4.95. The number of carbonyl (C=O) groups excluding carboxylic acids is 2. The summed E-state index contributed by atoms with van der Waals surface area (Å²) in [5.74, 6) is 1.68. The minimum absolute atomic E-state index is 0.123. The maximum atomic E-state index is 13.0. The summed E-state index contributed by atoms with van der Waals surface area (Å²) in [5.41, 5.74) is -0.599. The first kappa shape index (κ1) is 24.2. The molecule has 0 spiro atoms. The van der Waals surface area contributed by atoms with E-state index in [2.05, 4.69) is 4.98 Å². The topological polar surface area (TPSA) is 90.4 Å². The summed E-state index contributed by atoms with van der Waals surface area (Å²) in [7, 11) is 1.59. The van der Waals surface area contributed by atoms with Crippen molar-refractivity contribution in [2.75, 3.05) is 40.0 Å². The van der Waals surface area contributed by atoms with Crippen molar-refractivity contribution < 1.29 is 28.5 Å². The van der Waals surface area contributed by atoms with E-state index in [1.165, 1.54) is 0 Å². The van der Waals surface area contributed by atoms with Crippen LogP contribution in [0.5, 0.6) is 17.2 Å². The summed E-state index contributed by atoms with van der Waals surface area (Å²) in [5, 5.41) is 0. The van der Waals surface area contributed by atoms with E-state index in [0.29, 0.717) is 36.9 Å². The highest BCUT2D eigenvalue weighted by Crippen LogP contribution is 2.19. The highest BCUT2D eigenvalue weighted by atomic mass is 16.6. The number of nitrogens with zero attached hydrogens (tertiary/aromatic N) is 3. The van der Waals surface area contributed by atoms with Crippen molar-refractivity contribution in [3.8, 4) is 17.2 Å². The first-order chi connectivity index (χ1) is 15.7. The predicted molar refractivity (Wildman–Crippen MR) is 122 cm³/mol. The van der Waals surface area contributed by atoms with E-state index in [9.17, 15) is 9.59 Å². The van der Waals surface area contributed by atoms with Gasteiger partial charge >= 0.3 is 6.09 Å². The Labute approximate surface area is 194 Å². The largest absolute Gasteiger partial charge is 0.497 e. The summed E-state index contributed by atoms with van der Waals surface area (Å²) < 4.78 is 22.2. The van der Waals surface area contributed by atoms with Crippen LogP contribution in [0.1, 0.15) is 20.8 Å². The molecule has 1 aromatic heterocycles. The van der Waals surface area contributed by atoms with Crippen LogP contribution in [0, 0.1) is 0 Å². The first-order valence-electron chi connectivity index (χ1n) is 10.8. The zero-order chi connectivity index (χ0) is 23.8. The fourth-order valence-electron chi connectivity index (χ4n) is 3.34. The van der Waals surface area contributed by atoms with Crippen molar-refractivity contribution in [2.24, 2.45) is 0 Å². The van der Waals surface area contributed by atoms with Gasteiger partial charge in [-0.1, -0.05) is 0 Å². The molecule has 1 fully saturated rings. The number of hydrogen-bond donors (Lipinski definition) is 0. The van der Waals surface area contributed by atoms with Gasteiger partial charge in [-0.05, 0) is 57.2 Å². The second kappa shape index (κ2) is 10.9. The Kier molecular flexibility index (Phi) is 7.97. The lowest BCUT2D eigenvalue weighted by Gasteiger charge is -2.41. The molecule has 0 bridgehead atoms. The normalized spacial score (nSPS) is 16.2. The van der Waals surface area contributed by atoms with Crippen molar-refractivity contribution in [2.45, 2.75) is 32.4 Å². The number of methoxy groups -OCH3 is 1. The van der Waals surface area contributed by atoms with Crippen molar-refractivity contribution in [3.05, 3.63) is 48.8 Å². The van der Waals surface area contributed by atoms with Crippen molar-refractivity contribution >= 4 is 12.0 Å². The van der Waals surface area contributed by atoms with Crippen LogP contribution in [0.25, 0.3) is 0 Å². The number of hydrogen-bond acceptors (Lipinski definition) is 7. The maximum absolute atomic E-state index is 13.0. The van der Waals surface area contributed by atoms with Crippen molar-refractivity contribution in [1.29, 1.82) is 0 Å². The summed E-state index contributed by atoms with van der Waals surface area (Å²) in [6, 6.07) is 10.2. The van der Waals surface area contributed by atoms with Crippen LogP contribution >= 0.6 is 0 Å². The maximum Gasteiger partial charge on any atom is 0.410 e. The summed E-state index contributed by atoms with van der Waals surface area (Å²) in [6.07, 6.45) is 2.85. The van der Waals surface area contributed by atoms with Crippen LogP contribution in [-0.4, -0.2) is 78.4 Å². The summed E-state index contributed by atoms with van der Waals surface area (Å²) in [4.78, 5) is 32.9. The Hall–Kier alpha value is -3.49. The Morgan fingerprint density at radius 3 is 2.39 bits per heavy atom. The number of amides is 2. The van der Waals surface area contributed by atoms with Gasteiger partial charge < -0.3 is 28.7 Å².